The summed E-state index contributed by atoms with van der Waals surface area (Å²) in [6.07, 6.45) is 5.72. The molecule has 2 N–H and O–H groups in total. The van der Waals surface area contributed by atoms with Gasteiger partial charge in [-0.05, 0) is 19.8 Å². The maximum atomic E-state index is 4.75. The minimum absolute atomic E-state index is 0.462. The zero-order chi connectivity index (χ0) is 14.2. The van der Waals surface area contributed by atoms with Gasteiger partial charge in [-0.1, -0.05) is 12.8 Å². The highest BCUT2D eigenvalue weighted by Crippen LogP contribution is 2.29. The van der Waals surface area contributed by atoms with Gasteiger partial charge >= 0.3 is 0 Å². The van der Waals surface area contributed by atoms with Gasteiger partial charge in [0.05, 0.1) is 17.4 Å². The van der Waals surface area contributed by atoms with E-state index in [1.165, 1.54) is 63.3 Å². The Morgan fingerprint density at radius 2 is 1.76 bits per heavy atom. The number of H-pyrrole nitrogens is 1. The number of aromatic nitrogens is 2. The van der Waals surface area contributed by atoms with Crippen LogP contribution in [0, 0.1) is 6.92 Å². The number of piperazine rings is 1. The smallest absolute Gasteiger partial charge is 0.103 e. The second kappa shape index (κ2) is 5.71. The molecule has 0 amide bonds. The average Bonchev–Trinajstić information content (AvgIpc) is 3.15. The number of hydrogen-bond acceptors (Lipinski definition) is 4. The maximum Gasteiger partial charge on any atom is 0.103 e. The number of aryl methyl sites for hydroxylation is 1. The molecule has 1 aliphatic carbocycles. The first kappa shape index (κ1) is 13.7. The van der Waals surface area contributed by atoms with Gasteiger partial charge in [0.2, 0.25) is 0 Å². The Kier molecular flexibility index (Phi) is 3.73. The number of hydrogen-bond donors (Lipinski definition) is 2. The molecule has 2 fully saturated rings. The van der Waals surface area contributed by atoms with Crippen molar-refractivity contribution in [2.24, 2.45) is 0 Å². The van der Waals surface area contributed by atoms with E-state index in [1.807, 2.05) is 0 Å². The van der Waals surface area contributed by atoms with Gasteiger partial charge in [0.25, 0.3) is 0 Å². The molecule has 0 radical (unpaired) electrons. The number of fused-ring (bicyclic) bond motifs is 1. The normalized spacial score (nSPS) is 28.9. The van der Waals surface area contributed by atoms with Crippen molar-refractivity contribution in [3.05, 3.63) is 17.2 Å². The van der Waals surface area contributed by atoms with Crippen LogP contribution >= 0.6 is 0 Å². The van der Waals surface area contributed by atoms with Crippen LogP contribution in [0.3, 0.4) is 0 Å². The third-order valence-corrected chi connectivity index (χ3v) is 5.51. The summed E-state index contributed by atoms with van der Waals surface area (Å²) in [4.78, 5) is 13.5. The molecule has 116 valence electrons. The SMILES string of the molecule is Cc1nc2c([nH]1)CNCC2N1CCN(C2CCCC2)CC1. The fourth-order valence-corrected chi connectivity index (χ4v) is 4.39. The first-order valence-corrected chi connectivity index (χ1v) is 8.55. The van der Waals surface area contributed by atoms with Gasteiger partial charge in [0.1, 0.15) is 5.82 Å². The summed E-state index contributed by atoms with van der Waals surface area (Å²) >= 11 is 0. The predicted octanol–water partition coefficient (Wildman–Crippen LogP) is 1.42. The van der Waals surface area contributed by atoms with Crippen LogP contribution < -0.4 is 5.32 Å². The average molecular weight is 289 g/mol. The number of imidazole rings is 1. The van der Waals surface area contributed by atoms with Gasteiger partial charge in [-0.25, -0.2) is 4.98 Å². The highest BCUT2D eigenvalue weighted by Gasteiger charge is 2.32. The number of rotatable bonds is 2. The molecule has 4 rings (SSSR count). The van der Waals surface area contributed by atoms with E-state index in [0.717, 1.165) is 25.0 Å². The standard InChI is InChI=1S/C16H27N5/c1-12-18-14-10-17-11-15(16(14)19-12)21-8-6-20(7-9-21)13-4-2-3-5-13/h13,15,17H,2-11H2,1H3,(H,18,19). The largest absolute Gasteiger partial charge is 0.345 e. The van der Waals surface area contributed by atoms with Crippen molar-refractivity contribution < 1.29 is 0 Å². The van der Waals surface area contributed by atoms with Crippen LogP contribution in [0.5, 0.6) is 0 Å². The second-order valence-corrected chi connectivity index (χ2v) is 6.84. The maximum absolute atomic E-state index is 4.75. The minimum Gasteiger partial charge on any atom is -0.345 e. The Labute approximate surface area is 127 Å². The van der Waals surface area contributed by atoms with Crippen LogP contribution in [0.1, 0.15) is 48.9 Å². The Hall–Kier alpha value is -0.910. The van der Waals surface area contributed by atoms with E-state index in [1.54, 1.807) is 0 Å². The van der Waals surface area contributed by atoms with E-state index >= 15 is 0 Å². The van der Waals surface area contributed by atoms with E-state index in [9.17, 15) is 0 Å². The van der Waals surface area contributed by atoms with Crippen molar-refractivity contribution in [3.8, 4) is 0 Å². The quantitative estimate of drug-likeness (QED) is 0.864. The molecule has 5 nitrogen and oxygen atoms in total. The molecule has 0 spiro atoms. The molecule has 1 atom stereocenters. The lowest BCUT2D eigenvalue weighted by atomic mass is 10.0. The van der Waals surface area contributed by atoms with Crippen LogP contribution in [-0.2, 0) is 6.54 Å². The fourth-order valence-electron chi connectivity index (χ4n) is 4.39. The van der Waals surface area contributed by atoms with Crippen LogP contribution in [0.25, 0.3) is 0 Å². The molecule has 0 aromatic carbocycles. The van der Waals surface area contributed by atoms with Gasteiger partial charge in [-0.15, -0.1) is 0 Å². The van der Waals surface area contributed by atoms with Crippen molar-refractivity contribution in [1.82, 2.24) is 25.1 Å². The van der Waals surface area contributed by atoms with Gasteiger partial charge in [-0.2, -0.15) is 0 Å². The topological polar surface area (TPSA) is 47.2 Å². The summed E-state index contributed by atoms with van der Waals surface area (Å²) in [5.74, 6) is 1.05. The molecule has 3 aliphatic rings. The highest BCUT2D eigenvalue weighted by atomic mass is 15.3. The number of aromatic amines is 1. The van der Waals surface area contributed by atoms with E-state index in [2.05, 4.69) is 27.0 Å². The van der Waals surface area contributed by atoms with Crippen LogP contribution in [0.4, 0.5) is 0 Å². The van der Waals surface area contributed by atoms with Crippen molar-refractivity contribution in [2.75, 3.05) is 32.7 Å². The molecule has 21 heavy (non-hydrogen) atoms. The lowest BCUT2D eigenvalue weighted by Crippen LogP contribution is -2.52. The molecule has 1 aromatic heterocycles. The molecule has 3 heterocycles. The Morgan fingerprint density at radius 1 is 1.05 bits per heavy atom. The number of nitrogens with one attached hydrogen (secondary N) is 2. The predicted molar refractivity (Wildman–Crippen MR) is 83.2 cm³/mol. The number of nitrogens with zero attached hydrogens (tertiary/aromatic N) is 3. The zero-order valence-corrected chi connectivity index (χ0v) is 13.1. The van der Waals surface area contributed by atoms with Crippen molar-refractivity contribution in [3.63, 3.8) is 0 Å². The Balaban J connectivity index is 1.42. The molecule has 5 heteroatoms. The van der Waals surface area contributed by atoms with Gasteiger partial charge in [-0.3, -0.25) is 9.80 Å². The first-order chi connectivity index (χ1) is 10.3. The molecular formula is C16H27N5. The Bertz CT molecular complexity index is 483. The van der Waals surface area contributed by atoms with Crippen molar-refractivity contribution >= 4 is 0 Å². The first-order valence-electron chi connectivity index (χ1n) is 8.55. The summed E-state index contributed by atoms with van der Waals surface area (Å²) in [7, 11) is 0. The summed E-state index contributed by atoms with van der Waals surface area (Å²) in [5, 5.41) is 3.54. The van der Waals surface area contributed by atoms with Crippen molar-refractivity contribution in [2.45, 2.75) is 51.2 Å². The molecule has 0 bridgehead atoms. The third-order valence-electron chi connectivity index (χ3n) is 5.51. The molecule has 1 saturated carbocycles. The van der Waals surface area contributed by atoms with Gasteiger partial charge in [0, 0.05) is 45.3 Å². The molecule has 1 saturated heterocycles. The monoisotopic (exact) mass is 289 g/mol. The summed E-state index contributed by atoms with van der Waals surface area (Å²) in [6.45, 7) is 8.89. The van der Waals surface area contributed by atoms with Crippen LogP contribution in [0.15, 0.2) is 0 Å². The van der Waals surface area contributed by atoms with E-state index in [0.29, 0.717) is 6.04 Å². The summed E-state index contributed by atoms with van der Waals surface area (Å²) in [6, 6.07) is 1.34. The van der Waals surface area contributed by atoms with Crippen LogP contribution in [0.2, 0.25) is 0 Å². The summed E-state index contributed by atoms with van der Waals surface area (Å²) in [5.41, 5.74) is 2.59. The fraction of sp³-hybridized carbons (Fsp3) is 0.812. The van der Waals surface area contributed by atoms with Crippen molar-refractivity contribution in [1.29, 1.82) is 0 Å². The lowest BCUT2D eigenvalue weighted by molar-refractivity contribution is 0.0660. The van der Waals surface area contributed by atoms with E-state index < -0.39 is 0 Å². The Morgan fingerprint density at radius 3 is 2.52 bits per heavy atom. The van der Waals surface area contributed by atoms with Gasteiger partial charge < -0.3 is 10.3 Å². The molecule has 2 aliphatic heterocycles. The third kappa shape index (κ3) is 2.62. The highest BCUT2D eigenvalue weighted by molar-refractivity contribution is 5.21. The van der Waals surface area contributed by atoms with Crippen LogP contribution in [-0.4, -0.2) is 58.5 Å². The lowest BCUT2D eigenvalue weighted by Gasteiger charge is -2.42. The zero-order valence-electron chi connectivity index (χ0n) is 13.1. The minimum atomic E-state index is 0.462. The molecular weight excluding hydrogens is 262 g/mol. The van der Waals surface area contributed by atoms with E-state index in [-0.39, 0.29) is 0 Å². The molecule has 1 aromatic rings. The van der Waals surface area contributed by atoms with E-state index in [4.69, 9.17) is 4.98 Å². The second-order valence-electron chi connectivity index (χ2n) is 6.84. The molecule has 1 unspecified atom stereocenters. The van der Waals surface area contributed by atoms with Gasteiger partial charge in [0.15, 0.2) is 0 Å². The summed E-state index contributed by atoms with van der Waals surface area (Å²) < 4.78 is 0.